The Kier molecular flexibility index (Phi) is 3.36. The molecule has 1 aliphatic heterocycles. The van der Waals surface area contributed by atoms with Crippen molar-refractivity contribution in [1.29, 1.82) is 0 Å². The molecule has 1 aliphatic carbocycles. The van der Waals surface area contributed by atoms with E-state index in [0.717, 1.165) is 12.5 Å². The van der Waals surface area contributed by atoms with Gasteiger partial charge in [0.1, 0.15) is 0 Å². The highest BCUT2D eigenvalue weighted by Gasteiger charge is 2.43. The number of hydrogen-bond acceptors (Lipinski definition) is 2. The highest BCUT2D eigenvalue weighted by atomic mass is 16.5. The molecule has 1 N–H and O–H groups in total. The van der Waals surface area contributed by atoms with Gasteiger partial charge in [-0.05, 0) is 57.4 Å². The summed E-state index contributed by atoms with van der Waals surface area (Å²) in [5.74, 6) is 0.949. The predicted octanol–water partition coefficient (Wildman–Crippen LogP) is 2.58. The van der Waals surface area contributed by atoms with Gasteiger partial charge in [-0.2, -0.15) is 0 Å². The lowest BCUT2D eigenvalue weighted by Crippen LogP contribution is -2.35. The summed E-state index contributed by atoms with van der Waals surface area (Å²) in [5, 5.41) is 3.36. The van der Waals surface area contributed by atoms with E-state index in [-0.39, 0.29) is 0 Å². The average molecular weight is 211 g/mol. The van der Waals surface area contributed by atoms with Crippen molar-refractivity contribution in [3.8, 4) is 0 Å². The standard InChI is InChI=1S/C13H25NO/c1-10-4-7-12(15-10)8-13(2,9-14-3)11-5-6-11/h10-12,14H,4-9H2,1-3H3. The smallest absolute Gasteiger partial charge is 0.0585 e. The summed E-state index contributed by atoms with van der Waals surface area (Å²) >= 11 is 0. The van der Waals surface area contributed by atoms with Gasteiger partial charge >= 0.3 is 0 Å². The molecule has 1 saturated carbocycles. The first-order chi connectivity index (χ1) is 7.14. The Hall–Kier alpha value is -0.0800. The van der Waals surface area contributed by atoms with Gasteiger partial charge in [0, 0.05) is 6.54 Å². The van der Waals surface area contributed by atoms with E-state index in [1.165, 1.54) is 32.1 Å². The Morgan fingerprint density at radius 2 is 2.00 bits per heavy atom. The monoisotopic (exact) mass is 211 g/mol. The van der Waals surface area contributed by atoms with Crippen molar-refractivity contribution in [3.05, 3.63) is 0 Å². The highest BCUT2D eigenvalue weighted by molar-refractivity contribution is 4.94. The lowest BCUT2D eigenvalue weighted by atomic mass is 9.79. The van der Waals surface area contributed by atoms with E-state index < -0.39 is 0 Å². The summed E-state index contributed by atoms with van der Waals surface area (Å²) in [7, 11) is 2.07. The zero-order valence-corrected chi connectivity index (χ0v) is 10.4. The quantitative estimate of drug-likeness (QED) is 0.754. The molecule has 2 fully saturated rings. The third kappa shape index (κ3) is 2.73. The van der Waals surface area contributed by atoms with Gasteiger partial charge in [-0.1, -0.05) is 6.92 Å². The third-order valence-corrected chi connectivity index (χ3v) is 4.16. The third-order valence-electron chi connectivity index (χ3n) is 4.16. The van der Waals surface area contributed by atoms with Crippen molar-refractivity contribution in [1.82, 2.24) is 5.32 Å². The Balaban J connectivity index is 1.88. The lowest BCUT2D eigenvalue weighted by Gasteiger charge is -2.32. The second kappa shape index (κ2) is 4.42. The van der Waals surface area contributed by atoms with E-state index in [1.54, 1.807) is 0 Å². The molecule has 15 heavy (non-hydrogen) atoms. The van der Waals surface area contributed by atoms with E-state index >= 15 is 0 Å². The minimum Gasteiger partial charge on any atom is -0.375 e. The molecule has 0 spiro atoms. The molecule has 0 aromatic carbocycles. The summed E-state index contributed by atoms with van der Waals surface area (Å²) < 4.78 is 5.95. The van der Waals surface area contributed by atoms with Crippen LogP contribution in [0.25, 0.3) is 0 Å². The maximum absolute atomic E-state index is 5.95. The fraction of sp³-hybridized carbons (Fsp3) is 1.00. The molecule has 88 valence electrons. The normalized spacial score (nSPS) is 35.4. The van der Waals surface area contributed by atoms with Gasteiger partial charge in [0.15, 0.2) is 0 Å². The first-order valence-corrected chi connectivity index (χ1v) is 6.44. The first kappa shape index (κ1) is 11.4. The number of nitrogens with one attached hydrogen (secondary N) is 1. The van der Waals surface area contributed by atoms with E-state index in [1.807, 2.05) is 0 Å². The van der Waals surface area contributed by atoms with E-state index in [9.17, 15) is 0 Å². The van der Waals surface area contributed by atoms with Gasteiger partial charge < -0.3 is 10.1 Å². The van der Waals surface area contributed by atoms with Crippen LogP contribution in [0.2, 0.25) is 0 Å². The average Bonchev–Trinajstić information content (AvgIpc) is 2.93. The van der Waals surface area contributed by atoms with Crippen LogP contribution in [0.4, 0.5) is 0 Å². The van der Waals surface area contributed by atoms with Crippen molar-refractivity contribution >= 4 is 0 Å². The minimum atomic E-state index is 0.476. The van der Waals surface area contributed by atoms with E-state index in [0.29, 0.717) is 17.6 Å². The summed E-state index contributed by atoms with van der Waals surface area (Å²) in [4.78, 5) is 0. The zero-order valence-electron chi connectivity index (χ0n) is 10.4. The zero-order chi connectivity index (χ0) is 10.9. The lowest BCUT2D eigenvalue weighted by molar-refractivity contribution is 0.0203. The van der Waals surface area contributed by atoms with E-state index in [4.69, 9.17) is 4.74 Å². The van der Waals surface area contributed by atoms with Crippen molar-refractivity contribution in [2.24, 2.45) is 11.3 Å². The van der Waals surface area contributed by atoms with Crippen LogP contribution in [-0.2, 0) is 4.74 Å². The van der Waals surface area contributed by atoms with Crippen LogP contribution in [0.5, 0.6) is 0 Å². The maximum Gasteiger partial charge on any atom is 0.0585 e. The largest absolute Gasteiger partial charge is 0.375 e. The van der Waals surface area contributed by atoms with Crippen LogP contribution in [0.15, 0.2) is 0 Å². The Labute approximate surface area is 93.8 Å². The molecule has 3 unspecified atom stereocenters. The minimum absolute atomic E-state index is 0.476. The molecule has 0 aromatic heterocycles. The second-order valence-corrected chi connectivity index (χ2v) is 5.81. The van der Waals surface area contributed by atoms with Crippen LogP contribution >= 0.6 is 0 Å². The molecular weight excluding hydrogens is 186 g/mol. The predicted molar refractivity (Wildman–Crippen MR) is 62.9 cm³/mol. The summed E-state index contributed by atoms with van der Waals surface area (Å²) in [5.41, 5.74) is 0.476. The van der Waals surface area contributed by atoms with Crippen molar-refractivity contribution in [2.45, 2.75) is 58.2 Å². The molecule has 0 radical (unpaired) electrons. The molecule has 2 aliphatic rings. The fourth-order valence-corrected chi connectivity index (χ4v) is 3.12. The van der Waals surface area contributed by atoms with Gasteiger partial charge in [-0.25, -0.2) is 0 Å². The maximum atomic E-state index is 5.95. The number of hydrogen-bond donors (Lipinski definition) is 1. The summed E-state index contributed by atoms with van der Waals surface area (Å²) in [6.45, 7) is 5.78. The fourth-order valence-electron chi connectivity index (χ4n) is 3.12. The molecule has 3 atom stereocenters. The number of ether oxygens (including phenoxy) is 1. The van der Waals surface area contributed by atoms with Crippen molar-refractivity contribution in [3.63, 3.8) is 0 Å². The van der Waals surface area contributed by atoms with Crippen LogP contribution in [0, 0.1) is 11.3 Å². The van der Waals surface area contributed by atoms with Gasteiger partial charge in [0.05, 0.1) is 12.2 Å². The molecular formula is C13H25NO. The van der Waals surface area contributed by atoms with Gasteiger partial charge in [-0.15, -0.1) is 0 Å². The molecule has 0 aromatic rings. The molecule has 2 nitrogen and oxygen atoms in total. The summed E-state index contributed by atoms with van der Waals surface area (Å²) in [6.07, 6.45) is 7.66. The first-order valence-electron chi connectivity index (χ1n) is 6.44. The second-order valence-electron chi connectivity index (χ2n) is 5.81. The van der Waals surface area contributed by atoms with Crippen LogP contribution in [0.1, 0.15) is 46.0 Å². The molecule has 1 saturated heterocycles. The van der Waals surface area contributed by atoms with Gasteiger partial charge in [-0.3, -0.25) is 0 Å². The molecule has 2 heteroatoms. The van der Waals surface area contributed by atoms with Crippen molar-refractivity contribution < 1.29 is 4.74 Å². The molecule has 2 rings (SSSR count). The summed E-state index contributed by atoms with van der Waals surface area (Å²) in [6, 6.07) is 0. The van der Waals surface area contributed by atoms with Crippen LogP contribution in [0.3, 0.4) is 0 Å². The Morgan fingerprint density at radius 3 is 2.47 bits per heavy atom. The van der Waals surface area contributed by atoms with Crippen LogP contribution < -0.4 is 5.32 Å². The Morgan fingerprint density at radius 1 is 1.27 bits per heavy atom. The SMILES string of the molecule is CNCC(C)(CC1CCC(C)O1)C1CC1. The Bertz CT molecular complexity index is 215. The highest BCUT2D eigenvalue weighted by Crippen LogP contribution is 2.49. The van der Waals surface area contributed by atoms with Gasteiger partial charge in [0.2, 0.25) is 0 Å². The topological polar surface area (TPSA) is 21.3 Å². The molecule has 1 heterocycles. The van der Waals surface area contributed by atoms with Gasteiger partial charge in [0.25, 0.3) is 0 Å². The van der Waals surface area contributed by atoms with Crippen LogP contribution in [-0.4, -0.2) is 25.8 Å². The number of rotatable bonds is 5. The van der Waals surface area contributed by atoms with E-state index in [2.05, 4.69) is 26.2 Å². The molecule has 0 bridgehead atoms. The molecule has 0 amide bonds. The van der Waals surface area contributed by atoms with Crippen molar-refractivity contribution in [2.75, 3.05) is 13.6 Å².